The lowest BCUT2D eigenvalue weighted by Crippen LogP contribution is -2.54. The van der Waals surface area contributed by atoms with E-state index in [0.717, 1.165) is 35.5 Å². The zero-order valence-electron chi connectivity index (χ0n) is 15.4. The number of amides is 4. The summed E-state index contributed by atoms with van der Waals surface area (Å²) in [6, 6.07) is 4.18. The molecule has 2 N–H and O–H groups in total. The molecular formula is C20H22N4O4. The van der Waals surface area contributed by atoms with Crippen LogP contribution in [0.15, 0.2) is 18.2 Å². The molecule has 3 heterocycles. The first-order valence-electron chi connectivity index (χ1n) is 9.83. The minimum Gasteiger partial charge on any atom is -0.384 e. The predicted octanol–water partition coefficient (Wildman–Crippen LogP) is 0.451. The maximum absolute atomic E-state index is 12.8. The van der Waals surface area contributed by atoms with Crippen LogP contribution in [0.1, 0.15) is 40.0 Å². The van der Waals surface area contributed by atoms with Crippen molar-refractivity contribution in [1.82, 2.24) is 15.1 Å². The number of imide groups is 2. The molecule has 3 aliphatic heterocycles. The average molecular weight is 382 g/mol. The maximum atomic E-state index is 12.8. The van der Waals surface area contributed by atoms with Crippen molar-refractivity contribution in [3.63, 3.8) is 0 Å². The normalized spacial score (nSPS) is 29.0. The molecule has 1 aromatic rings. The largest absolute Gasteiger partial charge is 0.384 e. The van der Waals surface area contributed by atoms with E-state index in [2.05, 4.69) is 15.5 Å². The minimum absolute atomic E-state index is 0.120. The van der Waals surface area contributed by atoms with Crippen LogP contribution in [-0.2, 0) is 9.59 Å². The molecule has 8 heteroatoms. The van der Waals surface area contributed by atoms with Crippen molar-refractivity contribution >= 4 is 29.3 Å². The lowest BCUT2D eigenvalue weighted by molar-refractivity contribution is -0.136. The van der Waals surface area contributed by atoms with Gasteiger partial charge in [0, 0.05) is 38.3 Å². The SMILES string of the molecule is O=C1CCC(N2C(=O)c3ccc(NCCN4CC5CC5C4)cc3C2=O)C(=O)N1. The highest BCUT2D eigenvalue weighted by Gasteiger charge is 2.45. The number of carbonyl (C=O) groups excluding carboxylic acids is 4. The van der Waals surface area contributed by atoms with Gasteiger partial charge in [-0.3, -0.25) is 29.4 Å². The van der Waals surface area contributed by atoms with E-state index in [9.17, 15) is 19.2 Å². The quantitative estimate of drug-likeness (QED) is 0.718. The molecule has 1 aliphatic carbocycles. The molecule has 28 heavy (non-hydrogen) atoms. The molecule has 0 bridgehead atoms. The molecule has 0 radical (unpaired) electrons. The number of piperidine rings is 2. The zero-order valence-corrected chi connectivity index (χ0v) is 15.4. The predicted molar refractivity (Wildman–Crippen MR) is 99.6 cm³/mol. The summed E-state index contributed by atoms with van der Waals surface area (Å²) in [5.74, 6) is -0.105. The molecule has 1 aromatic carbocycles. The number of anilines is 1. The van der Waals surface area contributed by atoms with E-state index in [4.69, 9.17) is 0 Å². The van der Waals surface area contributed by atoms with E-state index in [1.54, 1.807) is 18.2 Å². The number of rotatable bonds is 5. The second-order valence-corrected chi connectivity index (χ2v) is 8.15. The van der Waals surface area contributed by atoms with Crippen molar-refractivity contribution in [2.45, 2.75) is 25.3 Å². The second-order valence-electron chi connectivity index (χ2n) is 8.15. The molecule has 4 aliphatic rings. The number of nitrogens with one attached hydrogen (secondary N) is 2. The van der Waals surface area contributed by atoms with Crippen LogP contribution in [0, 0.1) is 11.8 Å². The third kappa shape index (κ3) is 2.88. The summed E-state index contributed by atoms with van der Waals surface area (Å²) in [4.78, 5) is 52.4. The van der Waals surface area contributed by atoms with Gasteiger partial charge in [0.2, 0.25) is 11.8 Å². The number of hydrogen-bond acceptors (Lipinski definition) is 6. The van der Waals surface area contributed by atoms with Crippen molar-refractivity contribution in [3.8, 4) is 0 Å². The standard InChI is InChI=1S/C20H22N4O4/c25-17-4-3-16(18(26)22-17)24-19(27)14-2-1-13(8-15(14)20(24)28)21-5-6-23-9-11-7-12(11)10-23/h1-2,8,11-12,16,21H,3-7,9-10H2,(H,22,25,26). The van der Waals surface area contributed by atoms with Gasteiger partial charge in [-0.05, 0) is 42.9 Å². The summed E-state index contributed by atoms with van der Waals surface area (Å²) in [5, 5.41) is 5.53. The van der Waals surface area contributed by atoms with Gasteiger partial charge in [-0.25, -0.2) is 0 Å². The topological polar surface area (TPSA) is 98.8 Å². The Labute approximate surface area is 162 Å². The van der Waals surface area contributed by atoms with Gasteiger partial charge in [-0.15, -0.1) is 0 Å². The highest BCUT2D eigenvalue weighted by atomic mass is 16.2. The first kappa shape index (κ1) is 17.4. The molecule has 3 unspecified atom stereocenters. The van der Waals surface area contributed by atoms with E-state index in [1.165, 1.54) is 19.5 Å². The van der Waals surface area contributed by atoms with E-state index >= 15 is 0 Å². The molecule has 4 amide bonds. The maximum Gasteiger partial charge on any atom is 0.262 e. The third-order valence-corrected chi connectivity index (χ3v) is 6.25. The lowest BCUT2D eigenvalue weighted by Gasteiger charge is -2.27. The van der Waals surface area contributed by atoms with Crippen molar-refractivity contribution in [2.75, 3.05) is 31.5 Å². The Kier molecular flexibility index (Phi) is 3.97. The second kappa shape index (κ2) is 6.41. The van der Waals surface area contributed by atoms with Crippen LogP contribution in [-0.4, -0.2) is 65.6 Å². The van der Waals surface area contributed by atoms with Crippen molar-refractivity contribution in [1.29, 1.82) is 0 Å². The Morgan fingerprint density at radius 1 is 1.04 bits per heavy atom. The van der Waals surface area contributed by atoms with Gasteiger partial charge in [0.15, 0.2) is 0 Å². The number of likely N-dealkylation sites (tertiary alicyclic amines) is 1. The molecule has 0 spiro atoms. The van der Waals surface area contributed by atoms with Crippen LogP contribution in [0.3, 0.4) is 0 Å². The Hall–Kier alpha value is -2.74. The highest BCUT2D eigenvalue weighted by Crippen LogP contribution is 2.44. The summed E-state index contributed by atoms with van der Waals surface area (Å²) in [7, 11) is 0. The third-order valence-electron chi connectivity index (χ3n) is 6.25. The fourth-order valence-corrected chi connectivity index (χ4v) is 4.62. The van der Waals surface area contributed by atoms with E-state index in [0.29, 0.717) is 11.1 Å². The Bertz CT molecular complexity index is 888. The minimum atomic E-state index is -0.928. The molecule has 0 aromatic heterocycles. The van der Waals surface area contributed by atoms with Crippen LogP contribution < -0.4 is 10.6 Å². The summed E-state index contributed by atoms with van der Waals surface area (Å²) in [5.41, 5.74) is 1.40. The molecule has 2 saturated heterocycles. The number of hydrogen-bond donors (Lipinski definition) is 2. The van der Waals surface area contributed by atoms with E-state index < -0.39 is 23.8 Å². The summed E-state index contributed by atoms with van der Waals surface area (Å²) in [6.45, 7) is 4.10. The smallest absolute Gasteiger partial charge is 0.262 e. The Morgan fingerprint density at radius 3 is 2.54 bits per heavy atom. The first-order chi connectivity index (χ1) is 13.5. The fourth-order valence-electron chi connectivity index (χ4n) is 4.62. The average Bonchev–Trinajstić information content (AvgIpc) is 3.20. The van der Waals surface area contributed by atoms with Gasteiger partial charge in [-0.1, -0.05) is 0 Å². The van der Waals surface area contributed by atoms with Gasteiger partial charge >= 0.3 is 0 Å². The van der Waals surface area contributed by atoms with Crippen LogP contribution in [0.2, 0.25) is 0 Å². The van der Waals surface area contributed by atoms with Crippen molar-refractivity contribution in [2.24, 2.45) is 11.8 Å². The van der Waals surface area contributed by atoms with Crippen molar-refractivity contribution in [3.05, 3.63) is 29.3 Å². The van der Waals surface area contributed by atoms with Crippen molar-refractivity contribution < 1.29 is 19.2 Å². The van der Waals surface area contributed by atoms with Crippen LogP contribution in [0.5, 0.6) is 0 Å². The molecule has 3 atom stereocenters. The molecule has 8 nitrogen and oxygen atoms in total. The summed E-state index contributed by atoms with van der Waals surface area (Å²) in [6.07, 6.45) is 1.67. The van der Waals surface area contributed by atoms with Crippen LogP contribution in [0.4, 0.5) is 5.69 Å². The first-order valence-corrected chi connectivity index (χ1v) is 9.83. The number of nitrogens with zero attached hydrogens (tertiary/aromatic N) is 2. The Balaban J connectivity index is 1.26. The van der Waals surface area contributed by atoms with Gasteiger partial charge in [0.05, 0.1) is 11.1 Å². The number of benzene rings is 1. The van der Waals surface area contributed by atoms with Gasteiger partial charge in [0.25, 0.3) is 11.8 Å². The Morgan fingerprint density at radius 2 is 1.79 bits per heavy atom. The number of fused-ring (bicyclic) bond motifs is 2. The molecule has 146 valence electrons. The molecule has 5 rings (SSSR count). The number of carbonyl (C=O) groups is 4. The van der Waals surface area contributed by atoms with E-state index in [-0.39, 0.29) is 18.7 Å². The fraction of sp³-hybridized carbons (Fsp3) is 0.500. The summed E-state index contributed by atoms with van der Waals surface area (Å²) < 4.78 is 0. The monoisotopic (exact) mass is 382 g/mol. The highest BCUT2D eigenvalue weighted by molar-refractivity contribution is 6.23. The summed E-state index contributed by atoms with van der Waals surface area (Å²) >= 11 is 0. The molecular weight excluding hydrogens is 360 g/mol. The molecule has 1 saturated carbocycles. The van der Waals surface area contributed by atoms with Gasteiger partial charge in [0.1, 0.15) is 6.04 Å². The molecule has 3 fully saturated rings. The lowest BCUT2D eigenvalue weighted by atomic mass is 10.0. The van der Waals surface area contributed by atoms with Crippen LogP contribution in [0.25, 0.3) is 0 Å². The van der Waals surface area contributed by atoms with E-state index in [1.807, 2.05) is 0 Å². The van der Waals surface area contributed by atoms with Gasteiger partial charge in [-0.2, -0.15) is 0 Å². The van der Waals surface area contributed by atoms with Gasteiger partial charge < -0.3 is 10.2 Å². The van der Waals surface area contributed by atoms with Crippen LogP contribution >= 0.6 is 0 Å². The zero-order chi connectivity index (χ0) is 19.4.